The predicted octanol–water partition coefficient (Wildman–Crippen LogP) is 3.41. The molecule has 24 heavy (non-hydrogen) atoms. The molecule has 3 aromatic rings. The van der Waals surface area contributed by atoms with Gasteiger partial charge in [0.05, 0.1) is 11.0 Å². The summed E-state index contributed by atoms with van der Waals surface area (Å²) in [6.07, 6.45) is 0. The van der Waals surface area contributed by atoms with Crippen molar-refractivity contribution >= 4 is 21.8 Å². The third-order valence-corrected chi connectivity index (χ3v) is 4.66. The Morgan fingerprint density at radius 1 is 1.00 bits per heavy atom. The lowest BCUT2D eigenvalue weighted by atomic mass is 10.1. The number of rotatable bonds is 6. The van der Waals surface area contributed by atoms with Gasteiger partial charge in [-0.3, -0.25) is 4.79 Å². The third kappa shape index (κ3) is 3.02. The van der Waals surface area contributed by atoms with Gasteiger partial charge in [-0.15, -0.1) is 0 Å². The lowest BCUT2D eigenvalue weighted by molar-refractivity contribution is 0.223. The Labute approximate surface area is 142 Å². The van der Waals surface area contributed by atoms with E-state index in [-0.39, 0.29) is 5.43 Å². The van der Waals surface area contributed by atoms with E-state index in [9.17, 15) is 4.79 Å². The van der Waals surface area contributed by atoms with Crippen LogP contribution in [0.4, 0.5) is 0 Å². The van der Waals surface area contributed by atoms with Gasteiger partial charge in [-0.1, -0.05) is 26.0 Å². The highest BCUT2D eigenvalue weighted by Gasteiger charge is 2.09. The molecular formula is C20H24N2O2. The van der Waals surface area contributed by atoms with Crippen LogP contribution in [-0.2, 0) is 7.05 Å². The van der Waals surface area contributed by atoms with E-state index < -0.39 is 0 Å². The molecule has 0 N–H and O–H groups in total. The lowest BCUT2D eigenvalue weighted by Gasteiger charge is -2.18. The summed E-state index contributed by atoms with van der Waals surface area (Å²) in [5.74, 6) is 0.805. The van der Waals surface area contributed by atoms with Crippen molar-refractivity contribution in [2.24, 2.45) is 7.05 Å². The minimum Gasteiger partial charge on any atom is -0.492 e. The second-order valence-electron chi connectivity index (χ2n) is 5.96. The number of fused-ring (bicyclic) bond motifs is 2. The first-order chi connectivity index (χ1) is 11.7. The molecule has 0 unspecified atom stereocenters. The number of aryl methyl sites for hydroxylation is 1. The fraction of sp³-hybridized carbons (Fsp3) is 0.350. The van der Waals surface area contributed by atoms with E-state index in [1.807, 2.05) is 49.5 Å². The summed E-state index contributed by atoms with van der Waals surface area (Å²) in [7, 11) is 1.99. The monoisotopic (exact) mass is 324 g/mol. The van der Waals surface area contributed by atoms with Gasteiger partial charge in [0.2, 0.25) is 0 Å². The highest BCUT2D eigenvalue weighted by atomic mass is 16.5. The molecule has 0 bridgehead atoms. The molecule has 4 nitrogen and oxygen atoms in total. The van der Waals surface area contributed by atoms with Gasteiger partial charge >= 0.3 is 0 Å². The van der Waals surface area contributed by atoms with E-state index in [0.29, 0.717) is 6.61 Å². The molecule has 0 saturated carbocycles. The summed E-state index contributed by atoms with van der Waals surface area (Å²) in [6.45, 7) is 7.91. The van der Waals surface area contributed by atoms with Crippen LogP contribution in [-0.4, -0.2) is 35.7 Å². The summed E-state index contributed by atoms with van der Waals surface area (Å²) in [5.41, 5.74) is 1.92. The molecule has 0 radical (unpaired) electrons. The number of nitrogens with zero attached hydrogens (tertiary/aromatic N) is 2. The Morgan fingerprint density at radius 3 is 2.46 bits per heavy atom. The molecule has 0 spiro atoms. The molecule has 0 fully saturated rings. The van der Waals surface area contributed by atoms with Crippen molar-refractivity contribution in [2.75, 3.05) is 26.2 Å². The van der Waals surface area contributed by atoms with Gasteiger partial charge in [0.1, 0.15) is 12.4 Å². The summed E-state index contributed by atoms with van der Waals surface area (Å²) in [5, 5.41) is 1.48. The number of hydrogen-bond acceptors (Lipinski definition) is 3. The number of hydrogen-bond donors (Lipinski definition) is 0. The van der Waals surface area contributed by atoms with Crippen LogP contribution in [0.15, 0.2) is 47.3 Å². The first-order valence-corrected chi connectivity index (χ1v) is 8.52. The Balaban J connectivity index is 1.95. The minimum atomic E-state index is 0.0772. The molecule has 0 amide bonds. The van der Waals surface area contributed by atoms with Crippen molar-refractivity contribution in [3.8, 4) is 5.75 Å². The van der Waals surface area contributed by atoms with Crippen molar-refractivity contribution in [1.82, 2.24) is 9.47 Å². The Bertz CT molecular complexity index is 911. The number of ether oxygens (including phenoxy) is 1. The van der Waals surface area contributed by atoms with Gasteiger partial charge < -0.3 is 14.2 Å². The normalized spacial score (nSPS) is 11.5. The molecule has 0 aliphatic carbocycles. The Hall–Kier alpha value is -2.33. The van der Waals surface area contributed by atoms with Crippen molar-refractivity contribution in [3.05, 3.63) is 52.7 Å². The maximum Gasteiger partial charge on any atom is 0.197 e. The van der Waals surface area contributed by atoms with Crippen molar-refractivity contribution in [3.63, 3.8) is 0 Å². The zero-order valence-corrected chi connectivity index (χ0v) is 14.6. The van der Waals surface area contributed by atoms with Crippen LogP contribution >= 0.6 is 0 Å². The van der Waals surface area contributed by atoms with Crippen LogP contribution in [0.1, 0.15) is 13.8 Å². The number of para-hydroxylation sites is 1. The van der Waals surface area contributed by atoms with Crippen LogP contribution in [0.2, 0.25) is 0 Å². The second-order valence-corrected chi connectivity index (χ2v) is 5.96. The molecule has 0 saturated heterocycles. The number of aromatic nitrogens is 1. The first-order valence-electron chi connectivity index (χ1n) is 8.52. The van der Waals surface area contributed by atoms with Crippen LogP contribution < -0.4 is 10.2 Å². The number of benzene rings is 2. The highest BCUT2D eigenvalue weighted by molar-refractivity contribution is 5.93. The topological polar surface area (TPSA) is 34.5 Å². The molecule has 0 atom stereocenters. The van der Waals surface area contributed by atoms with Crippen molar-refractivity contribution in [1.29, 1.82) is 0 Å². The Kier molecular flexibility index (Phi) is 4.86. The molecule has 0 aliphatic rings. The van der Waals surface area contributed by atoms with E-state index in [1.54, 1.807) is 0 Å². The third-order valence-electron chi connectivity index (χ3n) is 4.66. The zero-order valence-electron chi connectivity index (χ0n) is 14.6. The lowest BCUT2D eigenvalue weighted by Crippen LogP contribution is -2.27. The van der Waals surface area contributed by atoms with E-state index in [4.69, 9.17) is 4.74 Å². The summed E-state index contributed by atoms with van der Waals surface area (Å²) < 4.78 is 7.96. The van der Waals surface area contributed by atoms with E-state index in [0.717, 1.165) is 47.2 Å². The number of likely N-dealkylation sites (N-methyl/N-ethyl adjacent to an activating group) is 1. The summed E-state index contributed by atoms with van der Waals surface area (Å²) >= 11 is 0. The second kappa shape index (κ2) is 7.05. The molecule has 1 heterocycles. The van der Waals surface area contributed by atoms with Crippen LogP contribution in [0.25, 0.3) is 21.8 Å². The van der Waals surface area contributed by atoms with Crippen LogP contribution in [0.3, 0.4) is 0 Å². The number of pyridine rings is 1. The average molecular weight is 324 g/mol. The minimum absolute atomic E-state index is 0.0772. The predicted molar refractivity (Wildman–Crippen MR) is 100.0 cm³/mol. The van der Waals surface area contributed by atoms with Gasteiger partial charge in [-0.2, -0.15) is 0 Å². The first kappa shape index (κ1) is 16.5. The highest BCUT2D eigenvalue weighted by Crippen LogP contribution is 2.22. The van der Waals surface area contributed by atoms with Gasteiger partial charge in [-0.25, -0.2) is 0 Å². The molecule has 4 heteroatoms. The molecule has 1 aromatic heterocycles. The largest absolute Gasteiger partial charge is 0.492 e. The molecular weight excluding hydrogens is 300 g/mol. The van der Waals surface area contributed by atoms with Crippen molar-refractivity contribution in [2.45, 2.75) is 13.8 Å². The Morgan fingerprint density at radius 2 is 1.71 bits per heavy atom. The van der Waals surface area contributed by atoms with E-state index in [1.165, 1.54) is 0 Å². The molecule has 3 rings (SSSR count). The standard InChI is InChI=1S/C20H24N2O2/c1-4-22(5-2)12-13-24-15-10-11-17-19(14-15)21(3)18-9-7-6-8-16(18)20(17)23/h6-11,14H,4-5,12-13H2,1-3H3. The maximum absolute atomic E-state index is 12.7. The summed E-state index contributed by atoms with van der Waals surface area (Å²) in [4.78, 5) is 15.0. The van der Waals surface area contributed by atoms with Gasteiger partial charge in [0.25, 0.3) is 0 Å². The summed E-state index contributed by atoms with van der Waals surface area (Å²) in [6, 6.07) is 13.4. The fourth-order valence-corrected chi connectivity index (χ4v) is 3.14. The van der Waals surface area contributed by atoms with Gasteiger partial charge in [0.15, 0.2) is 5.43 Å². The SMILES string of the molecule is CCN(CC)CCOc1ccc2c(=O)c3ccccc3n(C)c2c1. The quantitative estimate of drug-likeness (QED) is 0.652. The fourth-order valence-electron chi connectivity index (χ4n) is 3.14. The maximum atomic E-state index is 12.7. The molecule has 2 aromatic carbocycles. The molecule has 0 aliphatic heterocycles. The van der Waals surface area contributed by atoms with Crippen LogP contribution in [0.5, 0.6) is 5.75 Å². The zero-order chi connectivity index (χ0) is 17.1. The van der Waals surface area contributed by atoms with Gasteiger partial charge in [-0.05, 0) is 37.4 Å². The van der Waals surface area contributed by atoms with E-state index >= 15 is 0 Å². The van der Waals surface area contributed by atoms with E-state index in [2.05, 4.69) is 23.3 Å². The average Bonchev–Trinajstić information content (AvgIpc) is 2.63. The van der Waals surface area contributed by atoms with Crippen LogP contribution in [0, 0.1) is 0 Å². The van der Waals surface area contributed by atoms with Gasteiger partial charge in [0, 0.05) is 30.4 Å². The smallest absolute Gasteiger partial charge is 0.197 e. The van der Waals surface area contributed by atoms with Crippen molar-refractivity contribution < 1.29 is 4.74 Å². The molecule has 126 valence electrons.